The van der Waals surface area contributed by atoms with Crippen molar-refractivity contribution >= 4 is 28.5 Å². The van der Waals surface area contributed by atoms with Crippen LogP contribution in [0.25, 0.3) is 11.0 Å². The van der Waals surface area contributed by atoms with Gasteiger partial charge in [-0.1, -0.05) is 54.1 Å². The number of amides is 1. The molecule has 2 bridgehead atoms. The molecule has 7 heteroatoms. The Bertz CT molecular complexity index is 1600. The maximum Gasteiger partial charge on any atom is 0.257 e. The van der Waals surface area contributed by atoms with Crippen LogP contribution in [0.1, 0.15) is 72.7 Å². The van der Waals surface area contributed by atoms with Crippen molar-refractivity contribution in [3.63, 3.8) is 0 Å². The largest absolute Gasteiger partial charge is 0.496 e. The first-order valence-corrected chi connectivity index (χ1v) is 16.2. The lowest BCUT2D eigenvalue weighted by atomic mass is 9.70. The van der Waals surface area contributed by atoms with Gasteiger partial charge in [0, 0.05) is 36.2 Å². The number of fused-ring (bicyclic) bond motifs is 3. The highest BCUT2D eigenvalue weighted by molar-refractivity contribution is 6.30. The molecule has 4 heterocycles. The van der Waals surface area contributed by atoms with Crippen LogP contribution in [0.4, 0.5) is 0 Å². The molecule has 3 atom stereocenters. The number of aryl methyl sites for hydroxylation is 1. The van der Waals surface area contributed by atoms with E-state index >= 15 is 0 Å². The zero-order valence-corrected chi connectivity index (χ0v) is 26.0. The third-order valence-electron chi connectivity index (χ3n) is 10.6. The molecule has 0 saturated carbocycles. The topological polar surface area (TPSA) is 50.6 Å². The Balaban J connectivity index is 1.06. The molecule has 4 aromatic rings. The molecule has 0 aliphatic carbocycles. The van der Waals surface area contributed by atoms with Gasteiger partial charge in [0.05, 0.1) is 23.7 Å². The molecule has 3 fully saturated rings. The zero-order valence-electron chi connectivity index (χ0n) is 25.2. The number of likely N-dealkylation sites (tertiary alicyclic amines) is 1. The number of rotatable bonds is 7. The summed E-state index contributed by atoms with van der Waals surface area (Å²) in [6.45, 7) is 4.75. The number of piperidine rings is 2. The number of nitrogens with zero attached hydrogens (tertiary/aromatic N) is 4. The lowest BCUT2D eigenvalue weighted by Gasteiger charge is -2.45. The highest BCUT2D eigenvalue weighted by Gasteiger charge is 2.44. The molecule has 3 saturated heterocycles. The Labute approximate surface area is 259 Å². The van der Waals surface area contributed by atoms with Gasteiger partial charge in [0.25, 0.3) is 5.91 Å². The van der Waals surface area contributed by atoms with Crippen molar-refractivity contribution in [2.75, 3.05) is 26.7 Å². The van der Waals surface area contributed by atoms with Crippen molar-refractivity contribution in [1.82, 2.24) is 19.4 Å². The number of halogens is 1. The second-order valence-corrected chi connectivity index (χ2v) is 13.2. The van der Waals surface area contributed by atoms with Gasteiger partial charge in [-0.05, 0) is 99.7 Å². The van der Waals surface area contributed by atoms with Gasteiger partial charge in [-0.25, -0.2) is 4.98 Å². The average Bonchev–Trinajstić information content (AvgIpc) is 3.50. The molecule has 3 aliphatic rings. The van der Waals surface area contributed by atoms with Gasteiger partial charge in [-0.3, -0.25) is 9.69 Å². The minimum atomic E-state index is 0.0256. The summed E-state index contributed by atoms with van der Waals surface area (Å²) >= 11 is 6.17. The van der Waals surface area contributed by atoms with Gasteiger partial charge in [0.15, 0.2) is 0 Å². The molecule has 7 rings (SSSR count). The molecule has 1 amide bonds. The number of hydrogen-bond acceptors (Lipinski definition) is 4. The second-order valence-electron chi connectivity index (χ2n) is 12.8. The lowest BCUT2D eigenvalue weighted by Crippen LogP contribution is -2.49. The van der Waals surface area contributed by atoms with Crippen molar-refractivity contribution < 1.29 is 9.53 Å². The predicted octanol–water partition coefficient (Wildman–Crippen LogP) is 7.44. The number of imidazole rings is 1. The Kier molecular flexibility index (Phi) is 7.68. The molecule has 1 unspecified atom stereocenters. The Morgan fingerprint density at radius 1 is 0.953 bits per heavy atom. The van der Waals surface area contributed by atoms with Crippen molar-refractivity contribution in [2.24, 2.45) is 0 Å². The highest BCUT2D eigenvalue weighted by atomic mass is 35.5. The van der Waals surface area contributed by atoms with Gasteiger partial charge in [-0.2, -0.15) is 0 Å². The van der Waals surface area contributed by atoms with E-state index in [1.165, 1.54) is 36.8 Å². The molecule has 0 radical (unpaired) electrons. The van der Waals surface area contributed by atoms with Crippen molar-refractivity contribution in [3.05, 3.63) is 94.8 Å². The molecule has 224 valence electrons. The van der Waals surface area contributed by atoms with E-state index in [1.807, 2.05) is 4.90 Å². The highest BCUT2D eigenvalue weighted by Crippen LogP contribution is 2.45. The Morgan fingerprint density at radius 3 is 2.37 bits per heavy atom. The zero-order chi connectivity index (χ0) is 29.6. The smallest absolute Gasteiger partial charge is 0.257 e. The molecule has 6 nitrogen and oxygen atoms in total. The Morgan fingerprint density at radius 2 is 1.65 bits per heavy atom. The monoisotopic (exact) mass is 596 g/mol. The summed E-state index contributed by atoms with van der Waals surface area (Å²) in [6.07, 6.45) is 8.01. The van der Waals surface area contributed by atoms with E-state index in [2.05, 4.69) is 71.0 Å². The molecule has 43 heavy (non-hydrogen) atoms. The first-order chi connectivity index (χ1) is 21.0. The average molecular weight is 597 g/mol. The van der Waals surface area contributed by atoms with Crippen molar-refractivity contribution in [3.8, 4) is 5.75 Å². The number of ether oxygens (including phenoxy) is 1. The standard InChI is InChI=1S/C36H41ClN4O2/c1-25-38-32-10-6-7-11-33(32)41(25)30-23-28-13-14-29(24-30)40(28)21-18-36(26-8-4-3-5-9-26)16-19-39(20-17-36)35(42)31-15-12-27(37)22-34(31)43-2/h3-12,15,22,28-30H,13-14,16-21,23-24H2,1-2H3/t28-,29+,30?. The van der Waals surface area contributed by atoms with E-state index in [0.717, 1.165) is 50.2 Å². The van der Waals surface area contributed by atoms with Crippen LogP contribution in [0, 0.1) is 6.92 Å². The molecule has 0 spiro atoms. The number of carbonyl (C=O) groups excluding carboxylic acids is 1. The van der Waals surface area contributed by atoms with E-state index in [4.69, 9.17) is 21.3 Å². The fourth-order valence-corrected chi connectivity index (χ4v) is 8.58. The van der Waals surface area contributed by atoms with E-state index < -0.39 is 0 Å². The van der Waals surface area contributed by atoms with Crippen molar-refractivity contribution in [1.29, 1.82) is 0 Å². The minimum Gasteiger partial charge on any atom is -0.496 e. The number of methoxy groups -OCH3 is 1. The number of benzene rings is 3. The quantitative estimate of drug-likeness (QED) is 0.222. The van der Waals surface area contributed by atoms with Gasteiger partial charge >= 0.3 is 0 Å². The second kappa shape index (κ2) is 11.6. The number of para-hydroxylation sites is 2. The molecule has 1 aromatic heterocycles. The van der Waals surface area contributed by atoms with Gasteiger partial charge in [0.1, 0.15) is 11.6 Å². The van der Waals surface area contributed by atoms with Crippen LogP contribution < -0.4 is 4.74 Å². The van der Waals surface area contributed by atoms with Crippen LogP contribution in [0.2, 0.25) is 5.02 Å². The van der Waals surface area contributed by atoms with E-state index in [-0.39, 0.29) is 11.3 Å². The fraction of sp³-hybridized carbons (Fsp3) is 0.444. The van der Waals surface area contributed by atoms with E-state index in [9.17, 15) is 4.79 Å². The summed E-state index contributed by atoms with van der Waals surface area (Å²) in [5, 5.41) is 0.571. The number of aromatic nitrogens is 2. The minimum absolute atomic E-state index is 0.0256. The van der Waals surface area contributed by atoms with Crippen LogP contribution in [0.3, 0.4) is 0 Å². The summed E-state index contributed by atoms with van der Waals surface area (Å²) in [7, 11) is 1.59. The summed E-state index contributed by atoms with van der Waals surface area (Å²) in [5.41, 5.74) is 4.45. The van der Waals surface area contributed by atoms with Gasteiger partial charge < -0.3 is 14.2 Å². The van der Waals surface area contributed by atoms with Gasteiger partial charge in [0.2, 0.25) is 0 Å². The van der Waals surface area contributed by atoms with E-state index in [0.29, 0.717) is 34.5 Å². The first kappa shape index (κ1) is 28.4. The van der Waals surface area contributed by atoms with Crippen LogP contribution in [0.15, 0.2) is 72.8 Å². The van der Waals surface area contributed by atoms with Crippen LogP contribution in [-0.4, -0.2) is 64.1 Å². The third kappa shape index (κ3) is 5.23. The van der Waals surface area contributed by atoms with Crippen LogP contribution >= 0.6 is 11.6 Å². The normalized spacial score (nSPS) is 23.5. The molecule has 0 N–H and O–H groups in total. The Hall–Kier alpha value is -3.35. The summed E-state index contributed by atoms with van der Waals surface area (Å²) < 4.78 is 8.02. The molecule has 3 aliphatic heterocycles. The molecular weight excluding hydrogens is 556 g/mol. The fourth-order valence-electron chi connectivity index (χ4n) is 8.41. The number of hydrogen-bond donors (Lipinski definition) is 0. The summed E-state index contributed by atoms with van der Waals surface area (Å²) in [6, 6.07) is 26.7. The van der Waals surface area contributed by atoms with E-state index in [1.54, 1.807) is 25.3 Å². The molecular formula is C36H41ClN4O2. The summed E-state index contributed by atoms with van der Waals surface area (Å²) in [5.74, 6) is 1.70. The van der Waals surface area contributed by atoms with Gasteiger partial charge in [-0.15, -0.1) is 0 Å². The van der Waals surface area contributed by atoms with Crippen LogP contribution in [0.5, 0.6) is 5.75 Å². The molecule has 3 aromatic carbocycles. The maximum atomic E-state index is 13.6. The van der Waals surface area contributed by atoms with Crippen LogP contribution in [-0.2, 0) is 5.41 Å². The lowest BCUT2D eigenvalue weighted by molar-refractivity contribution is 0.0604. The number of carbonyl (C=O) groups is 1. The third-order valence-corrected chi connectivity index (χ3v) is 10.9. The van der Waals surface area contributed by atoms with Crippen molar-refractivity contribution in [2.45, 2.75) is 75.4 Å². The predicted molar refractivity (Wildman–Crippen MR) is 172 cm³/mol. The maximum absolute atomic E-state index is 13.6. The SMILES string of the molecule is COc1cc(Cl)ccc1C(=O)N1CCC(CCN2[C@@H]3CC[C@H]2CC(n2c(C)nc4ccccc42)C3)(c2ccccc2)CC1. The summed E-state index contributed by atoms with van der Waals surface area (Å²) in [4.78, 5) is 23.3. The first-order valence-electron chi connectivity index (χ1n) is 15.8.